The molecule has 0 aromatic carbocycles. The molecule has 0 aliphatic heterocycles. The van der Waals surface area contributed by atoms with E-state index in [9.17, 15) is 10.1 Å². The Bertz CT molecular complexity index is 303. The molecule has 0 radical (unpaired) electrons. The molecule has 0 aliphatic rings. The third-order valence-electron chi connectivity index (χ3n) is 1.42. The minimum atomic E-state index is -0.542. The lowest BCUT2D eigenvalue weighted by molar-refractivity contribution is -0.402. The summed E-state index contributed by atoms with van der Waals surface area (Å²) in [6.07, 6.45) is 0. The van der Waals surface area contributed by atoms with E-state index in [1.54, 1.807) is 6.07 Å². The van der Waals surface area contributed by atoms with Crippen LogP contribution >= 0.6 is 0 Å². The van der Waals surface area contributed by atoms with Crippen LogP contribution in [0.4, 0.5) is 11.8 Å². The Balaban J connectivity index is 0.00000144. The summed E-state index contributed by atoms with van der Waals surface area (Å²) in [5.41, 5.74) is 0. The number of rotatable bonds is 2. The first-order valence-corrected chi connectivity index (χ1v) is 3.47. The molecule has 0 spiro atoms. The molecule has 6 heteroatoms. The first-order valence-electron chi connectivity index (χ1n) is 3.47. The van der Waals surface area contributed by atoms with Gasteiger partial charge in [0.05, 0.1) is 27.2 Å². The van der Waals surface area contributed by atoms with Crippen molar-refractivity contribution in [2.24, 2.45) is 0 Å². The van der Waals surface area contributed by atoms with Gasteiger partial charge in [-0.3, -0.25) is 14.6 Å². The molecule has 13 heavy (non-hydrogen) atoms. The molecule has 1 aromatic heterocycles. The fraction of sp³-hybridized carbons (Fsp3) is 0.429. The van der Waals surface area contributed by atoms with Gasteiger partial charge < -0.3 is 21.4 Å². The smallest absolute Gasteiger partial charge is 0.437 e. The van der Waals surface area contributed by atoms with Crippen LogP contribution in [-0.4, -0.2) is 26.1 Å². The van der Waals surface area contributed by atoms with Gasteiger partial charge in [-0.1, -0.05) is 0 Å². The van der Waals surface area contributed by atoms with Crippen molar-refractivity contribution in [3.05, 3.63) is 22.2 Å². The standard InChI is InChI=1S/C7H11N2O3.BrH/c1-9(2,3)7-5-4-6(12-7)8(10)11;/h4-5H,1-3H3;1H/q+1;/p-1. The number of nitrogens with zero attached hydrogens (tertiary/aromatic N) is 2. The summed E-state index contributed by atoms with van der Waals surface area (Å²) in [4.78, 5) is 9.70. The van der Waals surface area contributed by atoms with Crippen molar-refractivity contribution in [1.29, 1.82) is 0 Å². The molecule has 0 unspecified atom stereocenters. The summed E-state index contributed by atoms with van der Waals surface area (Å²) in [5, 5.41) is 10.2. The van der Waals surface area contributed by atoms with Crippen LogP contribution in [0, 0.1) is 10.1 Å². The van der Waals surface area contributed by atoms with E-state index >= 15 is 0 Å². The molecule has 1 rings (SSSR count). The van der Waals surface area contributed by atoms with Crippen molar-refractivity contribution in [2.45, 2.75) is 0 Å². The highest BCUT2D eigenvalue weighted by Gasteiger charge is 2.21. The first-order chi connectivity index (χ1) is 5.41. The Morgan fingerprint density at radius 2 is 1.92 bits per heavy atom. The Morgan fingerprint density at radius 3 is 2.15 bits per heavy atom. The number of furan rings is 1. The lowest BCUT2D eigenvalue weighted by Gasteiger charge is -2.18. The quantitative estimate of drug-likeness (QED) is 0.361. The molecular formula is C7H11BrN2O3. The molecule has 0 amide bonds. The van der Waals surface area contributed by atoms with Gasteiger partial charge in [-0.05, 0) is 0 Å². The lowest BCUT2D eigenvalue weighted by Crippen LogP contribution is -3.00. The normalized spacial score (nSPS) is 10.7. The maximum Gasteiger partial charge on any atom is 0.437 e. The summed E-state index contributed by atoms with van der Waals surface area (Å²) in [6, 6.07) is 2.97. The van der Waals surface area contributed by atoms with Gasteiger partial charge in [0, 0.05) is 6.07 Å². The van der Waals surface area contributed by atoms with Crippen LogP contribution in [0.3, 0.4) is 0 Å². The van der Waals surface area contributed by atoms with Crippen molar-refractivity contribution in [1.82, 2.24) is 4.48 Å². The fourth-order valence-corrected chi connectivity index (χ4v) is 0.776. The van der Waals surface area contributed by atoms with Gasteiger partial charge in [0.15, 0.2) is 0 Å². The maximum atomic E-state index is 10.2. The molecule has 0 saturated carbocycles. The minimum Gasteiger partial charge on any atom is -1.00 e. The van der Waals surface area contributed by atoms with Gasteiger partial charge in [0.2, 0.25) is 0 Å². The second-order valence-electron chi connectivity index (χ2n) is 3.38. The number of hydrogen-bond acceptors (Lipinski definition) is 3. The summed E-state index contributed by atoms with van der Waals surface area (Å²) in [5.74, 6) is 0.361. The highest BCUT2D eigenvalue weighted by Crippen LogP contribution is 2.24. The van der Waals surface area contributed by atoms with Crippen molar-refractivity contribution < 1.29 is 26.3 Å². The molecule has 0 fully saturated rings. The highest BCUT2D eigenvalue weighted by molar-refractivity contribution is 5.34. The van der Waals surface area contributed by atoms with Gasteiger partial charge in [-0.2, -0.15) is 0 Å². The largest absolute Gasteiger partial charge is 1.00 e. The Kier molecular flexibility index (Phi) is 3.62. The summed E-state index contributed by atoms with van der Waals surface area (Å²) >= 11 is 0. The van der Waals surface area contributed by atoms with E-state index in [1.807, 2.05) is 21.1 Å². The van der Waals surface area contributed by atoms with Crippen LogP contribution in [0.25, 0.3) is 0 Å². The van der Waals surface area contributed by atoms with Gasteiger partial charge in [0.1, 0.15) is 4.92 Å². The second-order valence-corrected chi connectivity index (χ2v) is 3.38. The van der Waals surface area contributed by atoms with Crippen molar-refractivity contribution in [3.8, 4) is 0 Å². The third kappa shape index (κ3) is 2.82. The van der Waals surface area contributed by atoms with Crippen LogP contribution in [0.1, 0.15) is 0 Å². The average Bonchev–Trinajstić information content (AvgIpc) is 2.30. The van der Waals surface area contributed by atoms with E-state index in [4.69, 9.17) is 4.42 Å². The van der Waals surface area contributed by atoms with E-state index in [0.29, 0.717) is 10.4 Å². The van der Waals surface area contributed by atoms with E-state index in [-0.39, 0.29) is 22.9 Å². The first kappa shape index (κ1) is 12.1. The zero-order chi connectivity index (χ0) is 9.35. The van der Waals surface area contributed by atoms with E-state index in [1.165, 1.54) is 6.07 Å². The van der Waals surface area contributed by atoms with Crippen molar-refractivity contribution >= 4 is 11.8 Å². The van der Waals surface area contributed by atoms with Crippen LogP contribution in [0.2, 0.25) is 0 Å². The topological polar surface area (TPSA) is 56.3 Å². The molecule has 0 N–H and O–H groups in total. The van der Waals surface area contributed by atoms with Crippen molar-refractivity contribution in [3.63, 3.8) is 0 Å². The van der Waals surface area contributed by atoms with Gasteiger partial charge in [-0.15, -0.1) is 0 Å². The zero-order valence-electron chi connectivity index (χ0n) is 7.65. The summed E-state index contributed by atoms with van der Waals surface area (Å²) < 4.78 is 5.42. The molecule has 1 aromatic rings. The van der Waals surface area contributed by atoms with E-state index in [0.717, 1.165) is 0 Å². The van der Waals surface area contributed by atoms with Gasteiger partial charge in [0.25, 0.3) is 0 Å². The van der Waals surface area contributed by atoms with Crippen LogP contribution in [-0.2, 0) is 0 Å². The van der Waals surface area contributed by atoms with Crippen LogP contribution in [0.15, 0.2) is 16.5 Å². The Hall–Kier alpha value is -0.880. The molecule has 0 saturated heterocycles. The predicted molar refractivity (Wildman–Crippen MR) is 44.9 cm³/mol. The molecule has 0 bridgehead atoms. The number of halogens is 1. The van der Waals surface area contributed by atoms with E-state index < -0.39 is 4.92 Å². The molecule has 74 valence electrons. The average molecular weight is 251 g/mol. The van der Waals surface area contributed by atoms with Crippen molar-refractivity contribution in [2.75, 3.05) is 21.1 Å². The number of nitro groups is 1. The molecular weight excluding hydrogens is 240 g/mol. The molecule has 0 aliphatic carbocycles. The number of hydrogen-bond donors (Lipinski definition) is 0. The minimum absolute atomic E-state index is 0. The monoisotopic (exact) mass is 250 g/mol. The SMILES string of the molecule is C[N+](C)(C)c1ccc([N+](=O)[O-])o1.[Br-]. The number of quaternary nitrogens is 1. The molecule has 5 nitrogen and oxygen atoms in total. The van der Waals surface area contributed by atoms with Gasteiger partial charge in [-0.25, -0.2) is 0 Å². The predicted octanol–water partition coefficient (Wildman–Crippen LogP) is -1.61. The van der Waals surface area contributed by atoms with E-state index in [2.05, 4.69) is 0 Å². The van der Waals surface area contributed by atoms with Gasteiger partial charge >= 0.3 is 11.8 Å². The Labute approximate surface area is 86.5 Å². The Morgan fingerprint density at radius 1 is 1.38 bits per heavy atom. The fourth-order valence-electron chi connectivity index (χ4n) is 0.776. The summed E-state index contributed by atoms with van der Waals surface area (Å²) in [6.45, 7) is 0. The van der Waals surface area contributed by atoms with Crippen LogP contribution < -0.4 is 21.5 Å². The maximum absolute atomic E-state index is 10.2. The second kappa shape index (κ2) is 3.89. The zero-order valence-corrected chi connectivity index (χ0v) is 9.24. The molecule has 1 heterocycles. The third-order valence-corrected chi connectivity index (χ3v) is 1.42. The summed E-state index contributed by atoms with van der Waals surface area (Å²) in [7, 11) is 5.63. The highest BCUT2D eigenvalue weighted by atomic mass is 79.9. The molecule has 0 atom stereocenters. The van der Waals surface area contributed by atoms with Crippen LogP contribution in [0.5, 0.6) is 0 Å². The lowest BCUT2D eigenvalue weighted by atomic mass is 10.5.